The highest BCUT2D eigenvalue weighted by molar-refractivity contribution is 5.79. The lowest BCUT2D eigenvalue weighted by Crippen LogP contribution is -2.55. The average Bonchev–Trinajstić information content (AvgIpc) is 3.28. The van der Waals surface area contributed by atoms with Crippen LogP contribution in [-0.2, 0) is 4.79 Å². The van der Waals surface area contributed by atoms with E-state index in [1.54, 1.807) is 0 Å². The zero-order valence-corrected chi connectivity index (χ0v) is 21.8. The molecule has 4 aliphatic carbocycles. The van der Waals surface area contributed by atoms with E-state index in [4.69, 9.17) is 0 Å². The summed E-state index contributed by atoms with van der Waals surface area (Å²) in [6, 6.07) is 0. The summed E-state index contributed by atoms with van der Waals surface area (Å²) in [4.78, 5) is 12.0. The maximum atomic E-state index is 12.0. The second-order valence-corrected chi connectivity index (χ2v) is 14.3. The Kier molecular flexibility index (Phi) is 6.02. The molecule has 2 heteroatoms. The van der Waals surface area contributed by atoms with Gasteiger partial charge in [0.15, 0.2) is 0 Å². The van der Waals surface area contributed by atoms with Crippen LogP contribution in [0.1, 0.15) is 118 Å². The van der Waals surface area contributed by atoms with E-state index in [1.165, 1.54) is 77.0 Å². The summed E-state index contributed by atoms with van der Waals surface area (Å²) in [6.45, 7) is 13.7. The van der Waals surface area contributed by atoms with Gasteiger partial charge >= 0.3 is 0 Å². The molecule has 1 N–H and O–H groups in total. The molecule has 182 valence electrons. The van der Waals surface area contributed by atoms with Gasteiger partial charge in [-0.2, -0.15) is 0 Å². The standard InChI is InChI=1S/C30H51NO/c1-20(2)7-6-8-21(3)24-11-12-25-23-10-9-22-17-30(18-27(32)31-19-30)16-15-28(22,4)26(23)13-14-29(24,25)5/h20-26H,6-19H2,1-5H3,(H,31,32)/t21-,22+,23+,24-,25+,26+,28+,29-,30+/m1/s1. The van der Waals surface area contributed by atoms with E-state index in [-0.39, 0.29) is 0 Å². The molecule has 0 unspecified atom stereocenters. The smallest absolute Gasteiger partial charge is 0.220 e. The van der Waals surface area contributed by atoms with Crippen LogP contribution in [0.15, 0.2) is 0 Å². The molecular weight excluding hydrogens is 390 g/mol. The van der Waals surface area contributed by atoms with Crippen molar-refractivity contribution in [3.63, 3.8) is 0 Å². The van der Waals surface area contributed by atoms with Crippen LogP contribution in [0.25, 0.3) is 0 Å². The lowest BCUT2D eigenvalue weighted by Gasteiger charge is -2.62. The highest BCUT2D eigenvalue weighted by atomic mass is 16.1. The van der Waals surface area contributed by atoms with Crippen LogP contribution < -0.4 is 5.32 Å². The van der Waals surface area contributed by atoms with Crippen LogP contribution in [0.3, 0.4) is 0 Å². The molecule has 0 bridgehead atoms. The molecule has 0 aromatic carbocycles. The Bertz CT molecular complexity index is 716. The highest BCUT2D eigenvalue weighted by Crippen LogP contribution is 2.69. The van der Waals surface area contributed by atoms with Crippen molar-refractivity contribution in [2.75, 3.05) is 6.54 Å². The van der Waals surface area contributed by atoms with Crippen LogP contribution in [0.2, 0.25) is 0 Å². The van der Waals surface area contributed by atoms with Crippen LogP contribution in [0.4, 0.5) is 0 Å². The van der Waals surface area contributed by atoms with Gasteiger partial charge in [0.2, 0.25) is 5.91 Å². The van der Waals surface area contributed by atoms with E-state index in [1.807, 2.05) is 0 Å². The quantitative estimate of drug-likeness (QED) is 0.467. The van der Waals surface area contributed by atoms with Gasteiger partial charge in [0.25, 0.3) is 0 Å². The lowest BCUT2D eigenvalue weighted by molar-refractivity contribution is -0.133. The van der Waals surface area contributed by atoms with Gasteiger partial charge in [0, 0.05) is 13.0 Å². The minimum absolute atomic E-state index is 0.307. The minimum Gasteiger partial charge on any atom is -0.356 e. The molecule has 2 nitrogen and oxygen atoms in total. The maximum Gasteiger partial charge on any atom is 0.220 e. The van der Waals surface area contributed by atoms with E-state index in [2.05, 4.69) is 39.9 Å². The predicted octanol–water partition coefficient (Wildman–Crippen LogP) is 7.61. The van der Waals surface area contributed by atoms with Crippen molar-refractivity contribution in [3.05, 3.63) is 0 Å². The fourth-order valence-electron chi connectivity index (χ4n) is 10.5. The Morgan fingerprint density at radius 2 is 1.69 bits per heavy atom. The topological polar surface area (TPSA) is 29.1 Å². The minimum atomic E-state index is 0.307. The van der Waals surface area contributed by atoms with Gasteiger partial charge in [-0.3, -0.25) is 4.79 Å². The second-order valence-electron chi connectivity index (χ2n) is 14.3. The number of carbonyl (C=O) groups is 1. The zero-order chi connectivity index (χ0) is 22.7. The monoisotopic (exact) mass is 441 g/mol. The molecular formula is C30H51NO. The van der Waals surface area contributed by atoms with Gasteiger partial charge in [-0.1, -0.05) is 53.9 Å². The van der Waals surface area contributed by atoms with Gasteiger partial charge in [-0.15, -0.1) is 0 Å². The van der Waals surface area contributed by atoms with Crippen LogP contribution in [0.5, 0.6) is 0 Å². The maximum absolute atomic E-state index is 12.0. The van der Waals surface area contributed by atoms with E-state index in [0.29, 0.717) is 22.2 Å². The first-order valence-corrected chi connectivity index (χ1v) is 14.4. The third-order valence-electron chi connectivity index (χ3n) is 12.3. The molecule has 1 heterocycles. The molecule has 1 saturated heterocycles. The number of fused-ring (bicyclic) bond motifs is 5. The van der Waals surface area contributed by atoms with Crippen molar-refractivity contribution in [2.24, 2.45) is 57.7 Å². The number of rotatable bonds is 5. The molecule has 0 radical (unpaired) electrons. The summed E-state index contributed by atoms with van der Waals surface area (Å²) in [5.41, 5.74) is 1.46. The van der Waals surface area contributed by atoms with Crippen molar-refractivity contribution in [3.8, 4) is 0 Å². The molecule has 5 rings (SSSR count). The summed E-state index contributed by atoms with van der Waals surface area (Å²) < 4.78 is 0. The Hall–Kier alpha value is -0.530. The molecule has 5 fully saturated rings. The number of hydrogen-bond acceptors (Lipinski definition) is 1. The molecule has 9 atom stereocenters. The normalized spacial score (nSPS) is 48.9. The molecule has 1 amide bonds. The van der Waals surface area contributed by atoms with E-state index < -0.39 is 0 Å². The Labute approximate surface area is 198 Å². The molecule has 4 saturated carbocycles. The second kappa shape index (κ2) is 8.30. The molecule has 5 aliphatic rings. The average molecular weight is 442 g/mol. The highest BCUT2D eigenvalue weighted by Gasteiger charge is 2.62. The largest absolute Gasteiger partial charge is 0.356 e. The van der Waals surface area contributed by atoms with Crippen molar-refractivity contribution < 1.29 is 4.79 Å². The van der Waals surface area contributed by atoms with Gasteiger partial charge in [-0.25, -0.2) is 0 Å². The number of carbonyl (C=O) groups excluding carboxylic acids is 1. The predicted molar refractivity (Wildman–Crippen MR) is 133 cm³/mol. The number of nitrogens with one attached hydrogen (secondary N) is 1. The number of amides is 1. The van der Waals surface area contributed by atoms with Gasteiger partial charge in [0.1, 0.15) is 0 Å². The Morgan fingerprint density at radius 3 is 2.41 bits per heavy atom. The summed E-state index contributed by atoms with van der Waals surface area (Å²) in [5, 5.41) is 3.18. The first kappa shape index (κ1) is 23.2. The van der Waals surface area contributed by atoms with Crippen molar-refractivity contribution >= 4 is 5.91 Å². The van der Waals surface area contributed by atoms with Crippen LogP contribution >= 0.6 is 0 Å². The Morgan fingerprint density at radius 1 is 0.906 bits per heavy atom. The SMILES string of the molecule is CC(C)CCC[C@@H](C)[C@H]1CC[C@H]2[C@@H]3CC[C@H]4C[C@]5(CC[C@]4(C)[C@H]3CC[C@]12C)CNC(=O)C5. The summed E-state index contributed by atoms with van der Waals surface area (Å²) in [6.07, 6.45) is 18.0. The molecule has 0 aromatic rings. The first-order valence-electron chi connectivity index (χ1n) is 14.4. The Balaban J connectivity index is 1.28. The van der Waals surface area contributed by atoms with E-state index in [9.17, 15) is 4.79 Å². The number of hydrogen-bond donors (Lipinski definition) is 1. The van der Waals surface area contributed by atoms with E-state index >= 15 is 0 Å². The fourth-order valence-corrected chi connectivity index (χ4v) is 10.5. The third kappa shape index (κ3) is 3.69. The van der Waals surface area contributed by atoms with Crippen LogP contribution in [-0.4, -0.2) is 12.5 Å². The molecule has 1 spiro atoms. The van der Waals surface area contributed by atoms with Crippen molar-refractivity contribution in [1.29, 1.82) is 0 Å². The fraction of sp³-hybridized carbons (Fsp3) is 0.967. The van der Waals surface area contributed by atoms with Gasteiger partial charge in [0.05, 0.1) is 0 Å². The first-order chi connectivity index (χ1) is 15.2. The zero-order valence-electron chi connectivity index (χ0n) is 21.8. The van der Waals surface area contributed by atoms with Crippen molar-refractivity contribution in [2.45, 2.75) is 118 Å². The van der Waals surface area contributed by atoms with E-state index in [0.717, 1.165) is 54.4 Å². The summed E-state index contributed by atoms with van der Waals surface area (Å²) in [5.74, 6) is 6.84. The van der Waals surface area contributed by atoms with Gasteiger partial charge < -0.3 is 5.32 Å². The summed E-state index contributed by atoms with van der Waals surface area (Å²) in [7, 11) is 0. The molecule has 0 aromatic heterocycles. The van der Waals surface area contributed by atoms with Crippen LogP contribution in [0, 0.1) is 57.7 Å². The molecule has 32 heavy (non-hydrogen) atoms. The van der Waals surface area contributed by atoms with Gasteiger partial charge in [-0.05, 0) is 115 Å². The summed E-state index contributed by atoms with van der Waals surface area (Å²) >= 11 is 0. The molecule has 1 aliphatic heterocycles. The lowest BCUT2D eigenvalue weighted by atomic mass is 9.42. The third-order valence-corrected chi connectivity index (χ3v) is 12.3. The van der Waals surface area contributed by atoms with Crippen molar-refractivity contribution in [1.82, 2.24) is 5.32 Å².